The monoisotopic (exact) mass is 458 g/mol. The third-order valence-corrected chi connectivity index (χ3v) is 5.89. The lowest BCUT2D eigenvalue weighted by Gasteiger charge is -2.12. The molecule has 1 N–H and O–H groups in total. The third kappa shape index (κ3) is 5.51. The van der Waals surface area contributed by atoms with Crippen molar-refractivity contribution >= 4 is 35.0 Å². The maximum Gasteiger partial charge on any atom is 0.234 e. The van der Waals surface area contributed by atoms with Crippen molar-refractivity contribution in [2.24, 2.45) is 0 Å². The van der Waals surface area contributed by atoms with Crippen LogP contribution in [0.2, 0.25) is 5.02 Å². The van der Waals surface area contributed by atoms with E-state index in [1.165, 1.54) is 11.8 Å². The molecule has 2 aromatic carbocycles. The van der Waals surface area contributed by atoms with Gasteiger partial charge >= 0.3 is 0 Å². The number of amides is 1. The summed E-state index contributed by atoms with van der Waals surface area (Å²) in [6, 6.07) is 15.1. The molecule has 1 aromatic heterocycles. The number of benzene rings is 2. The molecular weight excluding hydrogens is 436 g/mol. The summed E-state index contributed by atoms with van der Waals surface area (Å²) in [6.07, 6.45) is 2.14. The molecule has 0 spiro atoms. The molecule has 1 aliphatic rings. The summed E-state index contributed by atoms with van der Waals surface area (Å²) >= 11 is 7.53. The Morgan fingerprint density at radius 2 is 1.87 bits per heavy atom. The number of ether oxygens (including phenoxy) is 2. The number of nitrogens with one attached hydrogen (secondary N) is 1. The average Bonchev–Trinajstić information content (AvgIpc) is 3.53. The van der Waals surface area contributed by atoms with Gasteiger partial charge in [0, 0.05) is 6.04 Å². The Morgan fingerprint density at radius 3 is 2.61 bits per heavy atom. The van der Waals surface area contributed by atoms with Crippen LogP contribution in [-0.2, 0) is 11.4 Å². The van der Waals surface area contributed by atoms with Crippen LogP contribution in [0.3, 0.4) is 0 Å². The molecule has 0 atom stereocenters. The molecule has 1 amide bonds. The Morgan fingerprint density at radius 1 is 1.13 bits per heavy atom. The molecule has 0 unspecified atom stereocenters. The van der Waals surface area contributed by atoms with Crippen molar-refractivity contribution in [1.82, 2.24) is 14.8 Å². The Kier molecular flexibility index (Phi) is 6.99. The highest BCUT2D eigenvalue weighted by Crippen LogP contribution is 2.39. The molecule has 1 saturated carbocycles. The van der Waals surface area contributed by atoms with Gasteiger partial charge in [-0.05, 0) is 44.0 Å². The Balaban J connectivity index is 1.39. The summed E-state index contributed by atoms with van der Waals surface area (Å²) in [4.78, 5) is 12.5. The highest BCUT2D eigenvalue weighted by atomic mass is 35.5. The molecule has 1 heterocycles. The van der Waals surface area contributed by atoms with Crippen molar-refractivity contribution in [1.29, 1.82) is 0 Å². The highest BCUT2D eigenvalue weighted by molar-refractivity contribution is 7.99. The molecule has 31 heavy (non-hydrogen) atoms. The topological polar surface area (TPSA) is 78.3 Å². The van der Waals surface area contributed by atoms with E-state index in [2.05, 4.69) is 20.1 Å². The molecule has 162 valence electrons. The summed E-state index contributed by atoms with van der Waals surface area (Å²) in [6.45, 7) is 2.71. The smallest absolute Gasteiger partial charge is 0.234 e. The van der Waals surface area contributed by atoms with Crippen LogP contribution in [0.25, 0.3) is 0 Å². The number of hydrogen-bond donors (Lipinski definition) is 1. The molecule has 4 rings (SSSR count). The minimum Gasteiger partial charge on any atom is -0.492 e. The van der Waals surface area contributed by atoms with Crippen LogP contribution in [0.1, 0.15) is 31.6 Å². The maximum atomic E-state index is 12.5. The van der Waals surface area contributed by atoms with E-state index in [-0.39, 0.29) is 18.3 Å². The van der Waals surface area contributed by atoms with E-state index < -0.39 is 0 Å². The predicted octanol–water partition coefficient (Wildman–Crippen LogP) is 4.97. The van der Waals surface area contributed by atoms with E-state index in [0.717, 1.165) is 18.7 Å². The van der Waals surface area contributed by atoms with E-state index in [0.29, 0.717) is 40.0 Å². The fraction of sp³-hybridized carbons (Fsp3) is 0.318. The van der Waals surface area contributed by atoms with Gasteiger partial charge in [0.15, 0.2) is 11.0 Å². The fourth-order valence-corrected chi connectivity index (χ4v) is 4.09. The number of rotatable bonds is 10. The first-order chi connectivity index (χ1) is 15.2. The van der Waals surface area contributed by atoms with Gasteiger partial charge in [0.25, 0.3) is 0 Å². The van der Waals surface area contributed by atoms with Gasteiger partial charge in [-0.15, -0.1) is 10.2 Å². The number of aromatic nitrogens is 3. The number of thioether (sulfide) groups is 1. The van der Waals surface area contributed by atoms with Gasteiger partial charge in [0.2, 0.25) is 5.91 Å². The Labute approximate surface area is 190 Å². The number of nitrogens with zero attached hydrogens (tertiary/aromatic N) is 3. The lowest BCUT2D eigenvalue weighted by molar-refractivity contribution is -0.113. The first-order valence-electron chi connectivity index (χ1n) is 10.1. The number of anilines is 1. The zero-order valence-electron chi connectivity index (χ0n) is 17.1. The predicted molar refractivity (Wildman–Crippen MR) is 121 cm³/mol. The molecular formula is C22H23ClN4O3S. The van der Waals surface area contributed by atoms with E-state index in [9.17, 15) is 4.79 Å². The SMILES string of the molecule is CCOc1ccccc1NC(=O)CSc1nnc(COc2ccccc2Cl)n1C1CC1. The first kappa shape index (κ1) is 21.5. The van der Waals surface area contributed by atoms with Crippen molar-refractivity contribution in [3.05, 3.63) is 59.4 Å². The Hall–Kier alpha value is -2.71. The van der Waals surface area contributed by atoms with E-state index >= 15 is 0 Å². The zero-order chi connectivity index (χ0) is 21.6. The maximum absolute atomic E-state index is 12.5. The highest BCUT2D eigenvalue weighted by Gasteiger charge is 2.30. The second-order valence-corrected chi connectivity index (χ2v) is 8.33. The van der Waals surface area contributed by atoms with Crippen LogP contribution in [0.4, 0.5) is 5.69 Å². The number of hydrogen-bond acceptors (Lipinski definition) is 6. The standard InChI is InChI=1S/C22H23ClN4O3S/c1-2-29-19-10-6-4-8-17(19)24-21(28)14-31-22-26-25-20(27(22)15-11-12-15)13-30-18-9-5-3-7-16(18)23/h3-10,15H,2,11-14H2,1H3,(H,24,28). The van der Waals surface area contributed by atoms with Gasteiger partial charge in [-0.1, -0.05) is 47.6 Å². The number of carbonyl (C=O) groups excluding carboxylic acids is 1. The van der Waals surface area contributed by atoms with Crippen LogP contribution < -0.4 is 14.8 Å². The minimum absolute atomic E-state index is 0.128. The third-order valence-electron chi connectivity index (χ3n) is 4.63. The minimum atomic E-state index is -0.128. The summed E-state index contributed by atoms with van der Waals surface area (Å²) in [7, 11) is 0. The summed E-state index contributed by atoms with van der Waals surface area (Å²) in [5.74, 6) is 2.08. The van der Waals surface area contributed by atoms with Crippen molar-refractivity contribution in [3.8, 4) is 11.5 Å². The van der Waals surface area contributed by atoms with Gasteiger partial charge in [-0.2, -0.15) is 0 Å². The van der Waals surface area contributed by atoms with Crippen LogP contribution in [0.15, 0.2) is 53.7 Å². The molecule has 1 fully saturated rings. The van der Waals surface area contributed by atoms with Gasteiger partial charge in [-0.25, -0.2) is 0 Å². The van der Waals surface area contributed by atoms with Crippen molar-refractivity contribution in [3.63, 3.8) is 0 Å². The van der Waals surface area contributed by atoms with Gasteiger partial charge in [0.05, 0.1) is 23.1 Å². The number of para-hydroxylation sites is 3. The van der Waals surface area contributed by atoms with Crippen LogP contribution in [0.5, 0.6) is 11.5 Å². The van der Waals surface area contributed by atoms with Gasteiger partial charge < -0.3 is 14.8 Å². The second-order valence-electron chi connectivity index (χ2n) is 6.99. The molecule has 9 heteroatoms. The second kappa shape index (κ2) is 10.1. The quantitative estimate of drug-likeness (QED) is 0.432. The van der Waals surface area contributed by atoms with Crippen molar-refractivity contribution in [2.75, 3.05) is 17.7 Å². The van der Waals surface area contributed by atoms with Crippen LogP contribution in [-0.4, -0.2) is 33.0 Å². The number of halogens is 1. The molecule has 7 nitrogen and oxygen atoms in total. The van der Waals surface area contributed by atoms with E-state index in [1.54, 1.807) is 6.07 Å². The molecule has 0 aliphatic heterocycles. The van der Waals surface area contributed by atoms with Crippen molar-refractivity contribution in [2.45, 2.75) is 37.6 Å². The number of carbonyl (C=O) groups is 1. The molecule has 1 aliphatic carbocycles. The summed E-state index contributed by atoms with van der Waals surface area (Å²) < 4.78 is 13.5. The zero-order valence-corrected chi connectivity index (χ0v) is 18.7. The van der Waals surface area contributed by atoms with Crippen LogP contribution >= 0.6 is 23.4 Å². The van der Waals surface area contributed by atoms with Crippen molar-refractivity contribution < 1.29 is 14.3 Å². The Bertz CT molecular complexity index is 1050. The van der Waals surface area contributed by atoms with E-state index in [1.807, 2.05) is 49.4 Å². The van der Waals surface area contributed by atoms with E-state index in [4.69, 9.17) is 21.1 Å². The lowest BCUT2D eigenvalue weighted by atomic mass is 10.3. The molecule has 0 radical (unpaired) electrons. The average molecular weight is 459 g/mol. The first-order valence-corrected chi connectivity index (χ1v) is 11.5. The fourth-order valence-electron chi connectivity index (χ4n) is 3.08. The largest absolute Gasteiger partial charge is 0.492 e. The molecule has 3 aromatic rings. The molecule has 0 bridgehead atoms. The normalized spacial score (nSPS) is 13.1. The lowest BCUT2D eigenvalue weighted by Crippen LogP contribution is -2.15. The van der Waals surface area contributed by atoms with Crippen LogP contribution in [0, 0.1) is 0 Å². The molecule has 0 saturated heterocycles. The summed E-state index contributed by atoms with van der Waals surface area (Å²) in [5, 5.41) is 12.8. The van der Waals surface area contributed by atoms with Gasteiger partial charge in [-0.3, -0.25) is 9.36 Å². The summed E-state index contributed by atoms with van der Waals surface area (Å²) in [5.41, 5.74) is 0.660. The van der Waals surface area contributed by atoms with Gasteiger partial charge in [0.1, 0.15) is 18.1 Å².